The summed E-state index contributed by atoms with van der Waals surface area (Å²) in [4.78, 5) is 62.3. The Morgan fingerprint density at radius 2 is 1.34 bits per heavy atom. The van der Waals surface area contributed by atoms with Gasteiger partial charge in [-0.3, -0.25) is 14.4 Å². The van der Waals surface area contributed by atoms with Crippen LogP contribution < -0.4 is 21.7 Å². The maximum Gasteiger partial charge on any atom is 0.328 e. The normalized spacial score (nSPS) is 14.6. The molecule has 2 heterocycles. The Bertz CT molecular complexity index is 899. The number of nitrogens with zero attached hydrogens (tertiary/aromatic N) is 2. The molecule has 32 heavy (non-hydrogen) atoms. The number of hydrogen-bond donors (Lipinski definition) is 8. The number of aliphatic carboxylic acids is 1. The molecule has 2 aromatic heterocycles. The molecular formula is C18H26N8O6. The summed E-state index contributed by atoms with van der Waals surface area (Å²) in [5, 5.41) is 25.5. The largest absolute Gasteiger partial charge is 0.480 e. The third-order valence-corrected chi connectivity index (χ3v) is 4.43. The molecule has 0 radical (unpaired) electrons. The number of nitrogens with one attached hydrogen (secondary N) is 5. The number of amides is 3. The minimum atomic E-state index is -1.55. The van der Waals surface area contributed by atoms with Crippen LogP contribution in [0.2, 0.25) is 0 Å². The molecular weight excluding hydrogens is 424 g/mol. The van der Waals surface area contributed by atoms with E-state index in [1.54, 1.807) is 0 Å². The summed E-state index contributed by atoms with van der Waals surface area (Å²) in [5.41, 5.74) is 6.62. The molecule has 0 saturated heterocycles. The predicted octanol–water partition coefficient (Wildman–Crippen LogP) is -3.20. The lowest BCUT2D eigenvalue weighted by Crippen LogP contribution is -2.58. The van der Waals surface area contributed by atoms with Crippen molar-refractivity contribution in [2.24, 2.45) is 5.73 Å². The van der Waals surface area contributed by atoms with Crippen LogP contribution in [0.4, 0.5) is 0 Å². The number of rotatable bonds is 12. The van der Waals surface area contributed by atoms with E-state index in [-0.39, 0.29) is 12.8 Å². The molecule has 2 aromatic rings. The van der Waals surface area contributed by atoms with Gasteiger partial charge in [-0.05, 0) is 6.92 Å². The number of hydrogen-bond acceptors (Lipinski definition) is 8. The van der Waals surface area contributed by atoms with Gasteiger partial charge in [-0.2, -0.15) is 0 Å². The van der Waals surface area contributed by atoms with Crippen LogP contribution >= 0.6 is 0 Å². The van der Waals surface area contributed by atoms with Crippen LogP contribution in [0.3, 0.4) is 0 Å². The fourth-order valence-corrected chi connectivity index (χ4v) is 2.68. The standard InChI is InChI=1S/C18H26N8O6/c1-9(19)15(28)24-12(2-10-4-20-7-22-10)16(29)25-13(3-11-5-21-8-23-11)17(30)26-14(6-27)18(31)32/h4-5,7-9,12-14,27H,2-3,6,19H2,1H3,(H,20,22)(H,21,23)(H,24,28)(H,25,29)(H,26,30)(H,31,32). The van der Waals surface area contributed by atoms with Crippen molar-refractivity contribution in [1.82, 2.24) is 35.9 Å². The van der Waals surface area contributed by atoms with Gasteiger partial charge in [0.05, 0.1) is 25.3 Å². The van der Waals surface area contributed by atoms with Crippen molar-refractivity contribution in [1.29, 1.82) is 0 Å². The minimum absolute atomic E-state index is 0.0388. The number of H-pyrrole nitrogens is 2. The first kappa shape index (κ1) is 24.5. The molecule has 0 fully saturated rings. The number of imidazole rings is 2. The number of aliphatic hydroxyl groups is 1. The summed E-state index contributed by atoms with van der Waals surface area (Å²) in [5.74, 6) is -3.56. The maximum absolute atomic E-state index is 13.0. The molecule has 14 heteroatoms. The summed E-state index contributed by atoms with van der Waals surface area (Å²) in [7, 11) is 0. The SMILES string of the molecule is CC(N)C(=O)NC(Cc1cnc[nH]1)C(=O)NC(Cc1cnc[nH]1)C(=O)NC(CO)C(=O)O. The van der Waals surface area contributed by atoms with Crippen LogP contribution in [0.1, 0.15) is 18.3 Å². The maximum atomic E-state index is 13.0. The lowest BCUT2D eigenvalue weighted by Gasteiger charge is -2.24. The van der Waals surface area contributed by atoms with Gasteiger partial charge in [-0.25, -0.2) is 14.8 Å². The molecule has 174 valence electrons. The zero-order chi connectivity index (χ0) is 23.7. The van der Waals surface area contributed by atoms with Gasteiger partial charge in [0, 0.05) is 36.6 Å². The molecule has 0 saturated carbocycles. The quantitative estimate of drug-likeness (QED) is 0.162. The molecule has 0 aliphatic rings. The lowest BCUT2D eigenvalue weighted by molar-refractivity contribution is -0.143. The van der Waals surface area contributed by atoms with Crippen LogP contribution in [0.25, 0.3) is 0 Å². The predicted molar refractivity (Wildman–Crippen MR) is 109 cm³/mol. The van der Waals surface area contributed by atoms with Crippen molar-refractivity contribution in [2.75, 3.05) is 6.61 Å². The van der Waals surface area contributed by atoms with E-state index >= 15 is 0 Å². The Labute approximate surface area is 182 Å². The Balaban J connectivity index is 2.20. The van der Waals surface area contributed by atoms with Crippen LogP contribution in [0.5, 0.6) is 0 Å². The summed E-state index contributed by atoms with van der Waals surface area (Å²) < 4.78 is 0. The van der Waals surface area contributed by atoms with E-state index in [0.29, 0.717) is 11.4 Å². The molecule has 3 amide bonds. The second-order valence-corrected chi connectivity index (χ2v) is 7.05. The van der Waals surface area contributed by atoms with Crippen molar-refractivity contribution < 1.29 is 29.4 Å². The Morgan fingerprint density at radius 1 is 0.906 bits per heavy atom. The van der Waals surface area contributed by atoms with Crippen molar-refractivity contribution in [3.63, 3.8) is 0 Å². The van der Waals surface area contributed by atoms with E-state index in [2.05, 4.69) is 35.9 Å². The zero-order valence-corrected chi connectivity index (χ0v) is 17.2. The van der Waals surface area contributed by atoms with E-state index < -0.39 is 54.5 Å². The van der Waals surface area contributed by atoms with Gasteiger partial charge in [0.1, 0.15) is 18.1 Å². The fraction of sp³-hybridized carbons (Fsp3) is 0.444. The summed E-state index contributed by atoms with van der Waals surface area (Å²) in [6.45, 7) is 0.620. The molecule has 0 spiro atoms. The highest BCUT2D eigenvalue weighted by Crippen LogP contribution is 2.04. The number of aromatic amines is 2. The van der Waals surface area contributed by atoms with Crippen LogP contribution in [0, 0.1) is 0 Å². The highest BCUT2D eigenvalue weighted by molar-refractivity contribution is 5.94. The number of carboxylic acids is 1. The topological polar surface area (TPSA) is 228 Å². The van der Waals surface area contributed by atoms with E-state index in [0.717, 1.165) is 0 Å². The molecule has 4 atom stereocenters. The summed E-state index contributed by atoms with van der Waals surface area (Å²) in [6, 6.07) is -4.76. The second-order valence-electron chi connectivity index (χ2n) is 7.05. The third kappa shape index (κ3) is 7.17. The summed E-state index contributed by atoms with van der Waals surface area (Å²) >= 11 is 0. The van der Waals surface area contributed by atoms with E-state index in [1.165, 1.54) is 32.0 Å². The van der Waals surface area contributed by atoms with E-state index in [4.69, 9.17) is 10.8 Å². The number of carbonyl (C=O) groups is 4. The first-order chi connectivity index (χ1) is 15.2. The van der Waals surface area contributed by atoms with Gasteiger partial charge in [0.25, 0.3) is 0 Å². The van der Waals surface area contributed by atoms with Crippen LogP contribution in [0.15, 0.2) is 25.0 Å². The molecule has 9 N–H and O–H groups in total. The number of carbonyl (C=O) groups excluding carboxylic acids is 3. The molecule has 0 bridgehead atoms. The van der Waals surface area contributed by atoms with Gasteiger partial charge in [-0.1, -0.05) is 0 Å². The van der Waals surface area contributed by atoms with Gasteiger partial charge in [-0.15, -0.1) is 0 Å². The first-order valence-electron chi connectivity index (χ1n) is 9.66. The minimum Gasteiger partial charge on any atom is -0.480 e. The van der Waals surface area contributed by atoms with Crippen molar-refractivity contribution in [2.45, 2.75) is 43.9 Å². The number of carboxylic acid groups (broad SMARTS) is 1. The van der Waals surface area contributed by atoms with Crippen LogP contribution in [-0.4, -0.2) is 84.6 Å². The number of aromatic nitrogens is 4. The van der Waals surface area contributed by atoms with Crippen molar-refractivity contribution in [3.8, 4) is 0 Å². The first-order valence-corrected chi connectivity index (χ1v) is 9.66. The fourth-order valence-electron chi connectivity index (χ4n) is 2.68. The Morgan fingerprint density at radius 3 is 1.69 bits per heavy atom. The molecule has 4 unspecified atom stereocenters. The smallest absolute Gasteiger partial charge is 0.328 e. The average Bonchev–Trinajstić information content (AvgIpc) is 3.44. The van der Waals surface area contributed by atoms with Crippen molar-refractivity contribution >= 4 is 23.7 Å². The highest BCUT2D eigenvalue weighted by atomic mass is 16.4. The second kappa shape index (κ2) is 11.6. The average molecular weight is 450 g/mol. The number of nitrogens with two attached hydrogens (primary N) is 1. The van der Waals surface area contributed by atoms with E-state index in [9.17, 15) is 24.3 Å². The van der Waals surface area contributed by atoms with Gasteiger partial charge in [0.2, 0.25) is 17.7 Å². The summed E-state index contributed by atoms with van der Waals surface area (Å²) in [6.07, 6.45) is 5.69. The zero-order valence-electron chi connectivity index (χ0n) is 17.2. The Hall–Kier alpha value is -3.78. The molecule has 0 aliphatic carbocycles. The number of aliphatic hydroxyl groups excluding tert-OH is 1. The van der Waals surface area contributed by atoms with Crippen molar-refractivity contribution in [3.05, 3.63) is 36.4 Å². The Kier molecular flexibility index (Phi) is 8.85. The van der Waals surface area contributed by atoms with Crippen LogP contribution in [-0.2, 0) is 32.0 Å². The van der Waals surface area contributed by atoms with Gasteiger partial charge < -0.3 is 41.9 Å². The van der Waals surface area contributed by atoms with Gasteiger partial charge in [0.15, 0.2) is 0 Å². The molecule has 0 aliphatic heterocycles. The van der Waals surface area contributed by atoms with Gasteiger partial charge >= 0.3 is 5.97 Å². The third-order valence-electron chi connectivity index (χ3n) is 4.43. The molecule has 0 aromatic carbocycles. The molecule has 14 nitrogen and oxygen atoms in total. The molecule has 2 rings (SSSR count). The monoisotopic (exact) mass is 450 g/mol. The van der Waals surface area contributed by atoms with E-state index in [1.807, 2.05) is 0 Å². The highest BCUT2D eigenvalue weighted by Gasteiger charge is 2.30. The lowest BCUT2D eigenvalue weighted by atomic mass is 10.1.